The van der Waals surface area contributed by atoms with E-state index in [0.717, 1.165) is 36.4 Å². The van der Waals surface area contributed by atoms with E-state index in [1.807, 2.05) is 23.6 Å². The van der Waals surface area contributed by atoms with Crippen LogP contribution in [0.3, 0.4) is 0 Å². The summed E-state index contributed by atoms with van der Waals surface area (Å²) in [5, 5.41) is 15.7. The van der Waals surface area contributed by atoms with Gasteiger partial charge in [0.1, 0.15) is 0 Å². The van der Waals surface area contributed by atoms with Crippen molar-refractivity contribution in [1.82, 2.24) is 10.3 Å². The number of aliphatic hydroxyl groups excluding tert-OH is 1. The van der Waals surface area contributed by atoms with Crippen LogP contribution in [0.15, 0.2) is 35.7 Å². The van der Waals surface area contributed by atoms with Gasteiger partial charge >= 0.3 is 0 Å². The molecule has 5 heteroatoms. The number of aromatic nitrogens is 1. The lowest BCUT2D eigenvalue weighted by atomic mass is 9.87. The Bertz CT molecular complexity index is 641. The van der Waals surface area contributed by atoms with Gasteiger partial charge in [-0.25, -0.2) is 4.98 Å². The second-order valence-corrected chi connectivity index (χ2v) is 7.07. The fourth-order valence-corrected chi connectivity index (χ4v) is 3.83. The Morgan fingerprint density at radius 2 is 2.13 bits per heavy atom. The molecule has 0 bridgehead atoms. The second kappa shape index (κ2) is 7.70. The van der Waals surface area contributed by atoms with Crippen molar-refractivity contribution in [2.24, 2.45) is 5.92 Å². The maximum Gasteiger partial charge on any atom is 0.223 e. The molecular weight excluding hydrogens is 308 g/mol. The van der Waals surface area contributed by atoms with Crippen molar-refractivity contribution in [3.63, 3.8) is 0 Å². The van der Waals surface area contributed by atoms with E-state index in [-0.39, 0.29) is 17.9 Å². The number of benzene rings is 1. The number of nitrogens with zero attached hydrogens (tertiary/aromatic N) is 1. The molecule has 1 heterocycles. The van der Waals surface area contributed by atoms with Crippen LogP contribution in [0.1, 0.15) is 41.9 Å². The Hall–Kier alpha value is -1.72. The van der Waals surface area contributed by atoms with Crippen LogP contribution in [-0.4, -0.2) is 22.1 Å². The molecule has 2 atom stereocenters. The van der Waals surface area contributed by atoms with Crippen molar-refractivity contribution in [1.29, 1.82) is 0 Å². The predicted molar refractivity (Wildman–Crippen MR) is 91.2 cm³/mol. The quantitative estimate of drug-likeness (QED) is 0.886. The van der Waals surface area contributed by atoms with Crippen LogP contribution in [0.2, 0.25) is 0 Å². The summed E-state index contributed by atoms with van der Waals surface area (Å²) in [6, 6.07) is 10.3. The molecule has 0 saturated heterocycles. The van der Waals surface area contributed by atoms with E-state index in [0.29, 0.717) is 13.0 Å². The average molecular weight is 330 g/mol. The summed E-state index contributed by atoms with van der Waals surface area (Å²) in [6.45, 7) is 0.469. The Kier molecular flexibility index (Phi) is 5.41. The van der Waals surface area contributed by atoms with Gasteiger partial charge in [-0.3, -0.25) is 4.79 Å². The lowest BCUT2D eigenvalue weighted by molar-refractivity contribution is -0.127. The van der Waals surface area contributed by atoms with E-state index in [2.05, 4.69) is 22.4 Å². The summed E-state index contributed by atoms with van der Waals surface area (Å²) in [7, 11) is 0. The molecule has 1 aromatic carbocycles. The van der Waals surface area contributed by atoms with Gasteiger partial charge in [0.2, 0.25) is 5.91 Å². The average Bonchev–Trinajstić information content (AvgIpc) is 3.01. The number of amides is 1. The van der Waals surface area contributed by atoms with Crippen LogP contribution in [0.25, 0.3) is 0 Å². The van der Waals surface area contributed by atoms with Crippen LogP contribution in [0, 0.1) is 5.92 Å². The van der Waals surface area contributed by atoms with Gasteiger partial charge in [0, 0.05) is 17.7 Å². The maximum atomic E-state index is 12.2. The van der Waals surface area contributed by atoms with Gasteiger partial charge in [-0.15, -0.1) is 11.3 Å². The first-order valence-corrected chi connectivity index (χ1v) is 9.01. The van der Waals surface area contributed by atoms with Gasteiger partial charge in [-0.05, 0) is 24.8 Å². The minimum Gasteiger partial charge on any atom is -0.393 e. The van der Waals surface area contributed by atoms with Gasteiger partial charge in [0.05, 0.1) is 23.4 Å². The molecule has 0 spiro atoms. The van der Waals surface area contributed by atoms with Crippen molar-refractivity contribution in [2.75, 3.05) is 0 Å². The van der Waals surface area contributed by atoms with Crippen molar-refractivity contribution in [2.45, 2.75) is 44.8 Å². The van der Waals surface area contributed by atoms with E-state index in [1.165, 1.54) is 5.56 Å². The zero-order valence-corrected chi connectivity index (χ0v) is 13.9. The Morgan fingerprint density at radius 3 is 2.91 bits per heavy atom. The zero-order chi connectivity index (χ0) is 16.1. The van der Waals surface area contributed by atoms with Gasteiger partial charge in [-0.2, -0.15) is 0 Å². The highest BCUT2D eigenvalue weighted by Crippen LogP contribution is 2.24. The highest BCUT2D eigenvalue weighted by molar-refractivity contribution is 7.09. The number of rotatable bonds is 5. The van der Waals surface area contributed by atoms with Gasteiger partial charge in [0.15, 0.2) is 0 Å². The van der Waals surface area contributed by atoms with E-state index in [1.54, 1.807) is 11.3 Å². The van der Waals surface area contributed by atoms with Gasteiger partial charge < -0.3 is 10.4 Å². The van der Waals surface area contributed by atoms with Crippen LogP contribution in [0.5, 0.6) is 0 Å². The molecule has 0 aliphatic heterocycles. The third-order valence-electron chi connectivity index (χ3n) is 4.26. The van der Waals surface area contributed by atoms with Crippen LogP contribution < -0.4 is 5.32 Å². The first-order valence-electron chi connectivity index (χ1n) is 8.13. The molecule has 4 nitrogen and oxygen atoms in total. The first kappa shape index (κ1) is 16.1. The highest BCUT2D eigenvalue weighted by atomic mass is 32.1. The summed E-state index contributed by atoms with van der Waals surface area (Å²) < 4.78 is 0. The van der Waals surface area contributed by atoms with E-state index in [4.69, 9.17) is 0 Å². The monoisotopic (exact) mass is 330 g/mol. The minimum atomic E-state index is -0.323. The number of carbonyl (C=O) groups is 1. The van der Waals surface area contributed by atoms with E-state index >= 15 is 0 Å². The third kappa shape index (κ3) is 4.62. The Morgan fingerprint density at radius 1 is 1.30 bits per heavy atom. The third-order valence-corrected chi connectivity index (χ3v) is 5.16. The minimum absolute atomic E-state index is 0.0429. The molecule has 2 aromatic rings. The van der Waals surface area contributed by atoms with Crippen LogP contribution >= 0.6 is 11.3 Å². The van der Waals surface area contributed by atoms with Gasteiger partial charge in [-0.1, -0.05) is 36.8 Å². The molecule has 1 amide bonds. The predicted octanol–water partition coefficient (Wildman–Crippen LogP) is 2.90. The topological polar surface area (TPSA) is 62.2 Å². The molecule has 1 saturated carbocycles. The van der Waals surface area contributed by atoms with Crippen molar-refractivity contribution >= 4 is 17.2 Å². The zero-order valence-electron chi connectivity index (χ0n) is 13.1. The summed E-state index contributed by atoms with van der Waals surface area (Å²) in [6.07, 6.45) is 3.71. The molecule has 1 aromatic heterocycles. The largest absolute Gasteiger partial charge is 0.393 e. The molecular formula is C18H22N2O2S. The molecule has 1 fully saturated rings. The number of nitrogens with one attached hydrogen (secondary N) is 1. The van der Waals surface area contributed by atoms with E-state index in [9.17, 15) is 9.90 Å². The highest BCUT2D eigenvalue weighted by Gasteiger charge is 2.25. The second-order valence-electron chi connectivity index (χ2n) is 6.13. The summed E-state index contributed by atoms with van der Waals surface area (Å²) in [4.78, 5) is 16.8. The summed E-state index contributed by atoms with van der Waals surface area (Å²) >= 11 is 1.63. The molecule has 0 unspecified atom stereocenters. The molecule has 1 aliphatic rings. The fourth-order valence-electron chi connectivity index (χ4n) is 3.01. The lowest BCUT2D eigenvalue weighted by Gasteiger charge is -2.24. The van der Waals surface area contributed by atoms with Crippen molar-refractivity contribution < 1.29 is 9.90 Å². The summed E-state index contributed by atoms with van der Waals surface area (Å²) in [5.74, 6) is -0.0115. The SMILES string of the molecule is O=C(NCc1csc(Cc2ccccc2)n1)[C@@H]1CCC[C@H](O)C1. The maximum absolute atomic E-state index is 12.2. The normalized spacial score (nSPS) is 21.1. The number of carbonyl (C=O) groups excluding carboxylic acids is 1. The molecule has 122 valence electrons. The smallest absolute Gasteiger partial charge is 0.223 e. The first-order chi connectivity index (χ1) is 11.2. The summed E-state index contributed by atoms with van der Waals surface area (Å²) in [5.41, 5.74) is 2.15. The number of hydrogen-bond donors (Lipinski definition) is 2. The van der Waals surface area contributed by atoms with Crippen LogP contribution in [0.4, 0.5) is 0 Å². The number of hydrogen-bond acceptors (Lipinski definition) is 4. The molecule has 2 N–H and O–H groups in total. The standard InChI is InChI=1S/C18H22N2O2S/c21-16-8-4-7-14(10-16)18(22)19-11-15-12-23-17(20-15)9-13-5-2-1-3-6-13/h1-3,5-6,12,14,16,21H,4,7-11H2,(H,19,22)/t14-,16+/m1/s1. The van der Waals surface area contributed by atoms with Crippen molar-refractivity contribution in [3.8, 4) is 0 Å². The number of thiazole rings is 1. The Labute approximate surface area is 140 Å². The fraction of sp³-hybridized carbons (Fsp3) is 0.444. The lowest BCUT2D eigenvalue weighted by Crippen LogP contribution is -2.34. The molecule has 1 aliphatic carbocycles. The molecule has 23 heavy (non-hydrogen) atoms. The van der Waals surface area contributed by atoms with E-state index < -0.39 is 0 Å². The van der Waals surface area contributed by atoms with Gasteiger partial charge in [0.25, 0.3) is 0 Å². The Balaban J connectivity index is 1.50. The molecule has 3 rings (SSSR count). The van der Waals surface area contributed by atoms with Crippen molar-refractivity contribution in [3.05, 3.63) is 52.0 Å². The number of aliphatic hydroxyl groups is 1. The van der Waals surface area contributed by atoms with Crippen LogP contribution in [-0.2, 0) is 17.8 Å². The molecule has 0 radical (unpaired) electrons.